The van der Waals surface area contributed by atoms with E-state index in [1.165, 1.54) is 14.0 Å². The lowest BCUT2D eigenvalue weighted by Crippen LogP contribution is -2.43. The zero-order chi connectivity index (χ0) is 16.8. The number of carbonyl (C=O) groups is 2. The number of likely N-dealkylation sites (N-methyl/N-ethyl adjacent to an activating group) is 1. The molecule has 0 radical (unpaired) electrons. The van der Waals surface area contributed by atoms with E-state index in [1.807, 2.05) is 6.07 Å². The molecule has 22 heavy (non-hydrogen) atoms. The first-order valence-electron chi connectivity index (χ1n) is 6.73. The molecule has 0 unspecified atom stereocenters. The number of carboxylic acids is 1. The summed E-state index contributed by atoms with van der Waals surface area (Å²) >= 11 is 0. The van der Waals surface area contributed by atoms with Crippen LogP contribution in [0.25, 0.3) is 0 Å². The van der Waals surface area contributed by atoms with E-state index >= 15 is 0 Å². The molecule has 0 aromatic heterocycles. The van der Waals surface area contributed by atoms with E-state index in [0.29, 0.717) is 0 Å². The third kappa shape index (κ3) is 5.45. The monoisotopic (exact) mass is 328 g/mol. The van der Waals surface area contributed by atoms with Crippen molar-refractivity contribution < 1.29 is 23.1 Å². The molecule has 1 aromatic carbocycles. The highest BCUT2D eigenvalue weighted by Crippen LogP contribution is 2.06. The molecule has 0 heterocycles. The second kappa shape index (κ2) is 7.90. The summed E-state index contributed by atoms with van der Waals surface area (Å²) in [5, 5.41) is 8.93. The molecule has 0 saturated heterocycles. The predicted molar refractivity (Wildman–Crippen MR) is 81.6 cm³/mol. The number of sulfonamides is 1. The van der Waals surface area contributed by atoms with Crippen LogP contribution in [0.4, 0.5) is 0 Å². The maximum Gasteiger partial charge on any atom is 0.323 e. The third-order valence-electron chi connectivity index (χ3n) is 3.09. The lowest BCUT2D eigenvalue weighted by atomic mass is 10.2. The van der Waals surface area contributed by atoms with Gasteiger partial charge in [0.05, 0.1) is 12.3 Å². The summed E-state index contributed by atoms with van der Waals surface area (Å²) in [5.74, 6) is -1.81. The summed E-state index contributed by atoms with van der Waals surface area (Å²) in [5.41, 5.74) is 0.776. The summed E-state index contributed by atoms with van der Waals surface area (Å²) in [6, 6.07) is 8.93. The molecule has 1 N–H and O–H groups in total. The first kappa shape index (κ1) is 18.1. The van der Waals surface area contributed by atoms with Gasteiger partial charge in [-0.1, -0.05) is 30.3 Å². The van der Waals surface area contributed by atoms with E-state index in [1.54, 1.807) is 24.3 Å². The van der Waals surface area contributed by atoms with Gasteiger partial charge in [0, 0.05) is 13.6 Å². The van der Waals surface area contributed by atoms with Gasteiger partial charge < -0.3 is 10.0 Å². The first-order chi connectivity index (χ1) is 10.3. The van der Waals surface area contributed by atoms with E-state index in [-0.39, 0.29) is 18.8 Å². The fraction of sp³-hybridized carbons (Fsp3) is 0.429. The number of carboxylic acid groups (broad SMARTS) is 1. The van der Waals surface area contributed by atoms with Gasteiger partial charge in [-0.25, -0.2) is 8.42 Å². The van der Waals surface area contributed by atoms with Crippen LogP contribution in [0.2, 0.25) is 0 Å². The summed E-state index contributed by atoms with van der Waals surface area (Å²) < 4.78 is 24.3. The Bertz CT molecular complexity index is 615. The van der Waals surface area contributed by atoms with Crippen LogP contribution >= 0.6 is 0 Å². The fourth-order valence-electron chi connectivity index (χ4n) is 1.81. The summed E-state index contributed by atoms with van der Waals surface area (Å²) in [4.78, 5) is 24.3. The lowest BCUT2D eigenvalue weighted by molar-refractivity contribution is -0.144. The van der Waals surface area contributed by atoms with Crippen molar-refractivity contribution >= 4 is 21.9 Å². The van der Waals surface area contributed by atoms with Gasteiger partial charge >= 0.3 is 5.97 Å². The van der Waals surface area contributed by atoms with Gasteiger partial charge in [-0.3, -0.25) is 9.59 Å². The normalized spacial score (nSPS) is 11.4. The minimum absolute atomic E-state index is 0.117. The topological polar surface area (TPSA) is 95.0 Å². The fourth-order valence-corrected chi connectivity index (χ4v) is 2.56. The number of amides is 1. The Morgan fingerprint density at radius 1 is 1.14 bits per heavy atom. The van der Waals surface area contributed by atoms with Crippen LogP contribution in [0, 0.1) is 0 Å². The van der Waals surface area contributed by atoms with Crippen molar-refractivity contribution in [2.75, 3.05) is 25.9 Å². The largest absolute Gasteiger partial charge is 0.480 e. The van der Waals surface area contributed by atoms with Crippen molar-refractivity contribution in [3.8, 4) is 0 Å². The van der Waals surface area contributed by atoms with Crippen LogP contribution in [-0.4, -0.2) is 60.5 Å². The highest BCUT2D eigenvalue weighted by atomic mass is 32.2. The van der Waals surface area contributed by atoms with Crippen LogP contribution in [0.5, 0.6) is 0 Å². The molecule has 7 nitrogen and oxygen atoms in total. The van der Waals surface area contributed by atoms with Crippen LogP contribution in [0.1, 0.15) is 12.5 Å². The van der Waals surface area contributed by atoms with Crippen LogP contribution in [0.15, 0.2) is 30.3 Å². The second-order valence-corrected chi connectivity index (χ2v) is 7.15. The number of rotatable bonds is 8. The Balaban J connectivity index is 2.83. The summed E-state index contributed by atoms with van der Waals surface area (Å²) in [6.07, 6.45) is 0. The van der Waals surface area contributed by atoms with Crippen molar-refractivity contribution in [3.05, 3.63) is 35.9 Å². The molecular weight excluding hydrogens is 308 g/mol. The van der Waals surface area contributed by atoms with Crippen LogP contribution in [0.3, 0.4) is 0 Å². The SMILES string of the molecule is CCS(=O)(=O)N(C)CC(=O)N(CC(=O)O)Cc1ccccc1. The Hall–Kier alpha value is -1.93. The lowest BCUT2D eigenvalue weighted by Gasteiger charge is -2.24. The predicted octanol–water partition coefficient (Wildman–Crippen LogP) is 0.381. The van der Waals surface area contributed by atoms with E-state index in [4.69, 9.17) is 5.11 Å². The molecule has 0 aliphatic rings. The molecule has 0 aliphatic heterocycles. The summed E-state index contributed by atoms with van der Waals surface area (Å²) in [7, 11) is -2.19. The second-order valence-electron chi connectivity index (χ2n) is 4.79. The van der Waals surface area contributed by atoms with Gasteiger partial charge in [0.1, 0.15) is 6.54 Å². The quantitative estimate of drug-likeness (QED) is 0.744. The first-order valence-corrected chi connectivity index (χ1v) is 8.34. The Labute approximate surface area is 130 Å². The van der Waals surface area contributed by atoms with Gasteiger partial charge in [-0.15, -0.1) is 0 Å². The number of hydrogen-bond donors (Lipinski definition) is 1. The summed E-state index contributed by atoms with van der Waals surface area (Å²) in [6.45, 7) is 0.741. The maximum absolute atomic E-state index is 12.2. The van der Waals surface area contributed by atoms with Gasteiger partial charge in [0.2, 0.25) is 15.9 Å². The minimum atomic E-state index is -3.49. The number of benzene rings is 1. The Morgan fingerprint density at radius 2 is 1.73 bits per heavy atom. The molecule has 0 saturated carbocycles. The molecule has 0 bridgehead atoms. The smallest absolute Gasteiger partial charge is 0.323 e. The van der Waals surface area contributed by atoms with E-state index in [9.17, 15) is 18.0 Å². The maximum atomic E-state index is 12.2. The number of nitrogens with zero attached hydrogens (tertiary/aromatic N) is 2. The third-order valence-corrected chi connectivity index (χ3v) is 4.90. The highest BCUT2D eigenvalue weighted by Gasteiger charge is 2.23. The highest BCUT2D eigenvalue weighted by molar-refractivity contribution is 7.89. The minimum Gasteiger partial charge on any atom is -0.480 e. The van der Waals surface area contributed by atoms with E-state index < -0.39 is 28.4 Å². The molecule has 1 aromatic rings. The molecule has 0 spiro atoms. The van der Waals surface area contributed by atoms with Crippen molar-refractivity contribution in [1.29, 1.82) is 0 Å². The van der Waals surface area contributed by atoms with E-state index in [0.717, 1.165) is 14.8 Å². The van der Waals surface area contributed by atoms with Gasteiger partial charge in [0.25, 0.3) is 0 Å². The Kier molecular flexibility index (Phi) is 6.51. The van der Waals surface area contributed by atoms with Crippen LogP contribution < -0.4 is 0 Å². The van der Waals surface area contributed by atoms with Crippen molar-refractivity contribution in [2.45, 2.75) is 13.5 Å². The number of hydrogen-bond acceptors (Lipinski definition) is 4. The molecule has 1 rings (SSSR count). The van der Waals surface area contributed by atoms with Crippen molar-refractivity contribution in [1.82, 2.24) is 9.21 Å². The zero-order valence-electron chi connectivity index (χ0n) is 12.6. The van der Waals surface area contributed by atoms with Crippen LogP contribution in [-0.2, 0) is 26.2 Å². The number of aliphatic carboxylic acids is 1. The average molecular weight is 328 g/mol. The molecule has 1 amide bonds. The molecular formula is C14H20N2O5S. The van der Waals surface area contributed by atoms with Gasteiger partial charge in [-0.2, -0.15) is 4.31 Å². The molecule has 0 aliphatic carbocycles. The Morgan fingerprint density at radius 3 is 2.23 bits per heavy atom. The standard InChI is InChI=1S/C14H20N2O5S/c1-3-22(20,21)15(2)10-13(17)16(11-14(18)19)9-12-7-5-4-6-8-12/h4-8H,3,9-11H2,1-2H3,(H,18,19). The van der Waals surface area contributed by atoms with Crippen molar-refractivity contribution in [2.24, 2.45) is 0 Å². The molecule has 8 heteroatoms. The molecule has 0 atom stereocenters. The van der Waals surface area contributed by atoms with Gasteiger partial charge in [0.15, 0.2) is 0 Å². The average Bonchev–Trinajstić information content (AvgIpc) is 2.47. The molecule has 122 valence electrons. The van der Waals surface area contributed by atoms with E-state index in [2.05, 4.69) is 0 Å². The number of carbonyl (C=O) groups excluding carboxylic acids is 1. The molecule has 0 fully saturated rings. The van der Waals surface area contributed by atoms with Crippen molar-refractivity contribution in [3.63, 3.8) is 0 Å². The zero-order valence-corrected chi connectivity index (χ0v) is 13.4. The van der Waals surface area contributed by atoms with Gasteiger partial charge in [-0.05, 0) is 12.5 Å².